The lowest BCUT2D eigenvalue weighted by Crippen LogP contribution is -2.01. The molecule has 0 bridgehead atoms. The number of esters is 1. The molecule has 5 heteroatoms. The Hall–Kier alpha value is -3.34. The van der Waals surface area contributed by atoms with E-state index in [1.807, 2.05) is 36.4 Å². The van der Waals surface area contributed by atoms with E-state index in [2.05, 4.69) is 10.3 Å². The van der Waals surface area contributed by atoms with E-state index in [1.54, 1.807) is 30.5 Å². The van der Waals surface area contributed by atoms with Crippen molar-refractivity contribution >= 4 is 23.2 Å². The van der Waals surface area contributed by atoms with Crippen LogP contribution in [0.15, 0.2) is 66.9 Å². The van der Waals surface area contributed by atoms with Crippen LogP contribution in [0.5, 0.6) is 0 Å². The van der Waals surface area contributed by atoms with Gasteiger partial charge in [-0.3, -0.25) is 0 Å². The third-order valence-corrected chi connectivity index (χ3v) is 3.58. The standard InChI is InChI=1S/C19H17N3O2/c1-24-19(23)15-7-2-5-13(11-15)14-6-3-8-16(12-14)22-18-17(20)9-4-10-21-18/h2-12H,20H2,1H3,(H,21,22). The summed E-state index contributed by atoms with van der Waals surface area (Å²) in [4.78, 5) is 15.9. The maximum atomic E-state index is 11.7. The summed E-state index contributed by atoms with van der Waals surface area (Å²) in [6.07, 6.45) is 1.68. The lowest BCUT2D eigenvalue weighted by molar-refractivity contribution is 0.0601. The van der Waals surface area contributed by atoms with E-state index in [0.29, 0.717) is 17.1 Å². The van der Waals surface area contributed by atoms with Crippen molar-refractivity contribution in [3.8, 4) is 11.1 Å². The quantitative estimate of drug-likeness (QED) is 0.714. The summed E-state index contributed by atoms with van der Waals surface area (Å²) in [7, 11) is 1.37. The summed E-state index contributed by atoms with van der Waals surface area (Å²) in [6.45, 7) is 0. The minimum atomic E-state index is -0.354. The number of aromatic nitrogens is 1. The van der Waals surface area contributed by atoms with E-state index < -0.39 is 0 Å². The Morgan fingerprint density at radius 3 is 2.54 bits per heavy atom. The van der Waals surface area contributed by atoms with Crippen LogP contribution in [0, 0.1) is 0 Å². The SMILES string of the molecule is COC(=O)c1cccc(-c2cccc(Nc3ncccc3N)c2)c1. The Labute approximate surface area is 140 Å². The number of methoxy groups -OCH3 is 1. The summed E-state index contributed by atoms with van der Waals surface area (Å²) in [5.41, 5.74) is 9.77. The third kappa shape index (κ3) is 3.35. The van der Waals surface area contributed by atoms with Crippen LogP contribution in [0.2, 0.25) is 0 Å². The average molecular weight is 319 g/mol. The van der Waals surface area contributed by atoms with Crippen LogP contribution < -0.4 is 11.1 Å². The number of anilines is 3. The maximum Gasteiger partial charge on any atom is 0.337 e. The molecule has 1 heterocycles. The van der Waals surface area contributed by atoms with Crippen molar-refractivity contribution in [3.63, 3.8) is 0 Å². The summed E-state index contributed by atoms with van der Waals surface area (Å²) in [6, 6.07) is 18.7. The number of carbonyl (C=O) groups is 1. The first kappa shape index (κ1) is 15.6. The first-order valence-corrected chi connectivity index (χ1v) is 7.44. The highest BCUT2D eigenvalue weighted by Gasteiger charge is 2.07. The molecule has 0 amide bonds. The molecule has 0 spiro atoms. The fourth-order valence-corrected chi connectivity index (χ4v) is 2.38. The summed E-state index contributed by atoms with van der Waals surface area (Å²) < 4.78 is 4.77. The Morgan fingerprint density at radius 2 is 1.79 bits per heavy atom. The summed E-state index contributed by atoms with van der Waals surface area (Å²) in [5, 5.41) is 3.20. The number of hydrogen-bond acceptors (Lipinski definition) is 5. The van der Waals surface area contributed by atoms with E-state index >= 15 is 0 Å². The predicted octanol–water partition coefficient (Wildman–Crippen LogP) is 3.86. The van der Waals surface area contributed by atoms with Gasteiger partial charge >= 0.3 is 5.97 Å². The smallest absolute Gasteiger partial charge is 0.337 e. The van der Waals surface area contributed by atoms with Gasteiger partial charge in [-0.2, -0.15) is 0 Å². The second-order valence-electron chi connectivity index (χ2n) is 5.22. The second kappa shape index (κ2) is 6.83. The lowest BCUT2D eigenvalue weighted by Gasteiger charge is -2.10. The molecule has 0 saturated carbocycles. The van der Waals surface area contributed by atoms with Crippen molar-refractivity contribution in [2.75, 3.05) is 18.2 Å². The number of benzene rings is 2. The number of carbonyl (C=O) groups excluding carboxylic acids is 1. The fraction of sp³-hybridized carbons (Fsp3) is 0.0526. The highest BCUT2D eigenvalue weighted by Crippen LogP contribution is 2.26. The Balaban J connectivity index is 1.91. The third-order valence-electron chi connectivity index (χ3n) is 3.58. The predicted molar refractivity (Wildman–Crippen MR) is 95.1 cm³/mol. The number of ether oxygens (including phenoxy) is 1. The van der Waals surface area contributed by atoms with Crippen molar-refractivity contribution in [2.45, 2.75) is 0 Å². The molecule has 24 heavy (non-hydrogen) atoms. The molecular formula is C19H17N3O2. The first-order valence-electron chi connectivity index (χ1n) is 7.44. The van der Waals surface area contributed by atoms with Gasteiger partial charge in [0.15, 0.2) is 5.82 Å². The van der Waals surface area contributed by atoms with E-state index in [0.717, 1.165) is 16.8 Å². The van der Waals surface area contributed by atoms with Gasteiger partial charge in [0.05, 0.1) is 18.4 Å². The van der Waals surface area contributed by atoms with Crippen molar-refractivity contribution in [3.05, 3.63) is 72.4 Å². The number of hydrogen-bond donors (Lipinski definition) is 2. The fourth-order valence-electron chi connectivity index (χ4n) is 2.38. The molecule has 3 aromatic rings. The Bertz CT molecular complexity index is 878. The maximum absolute atomic E-state index is 11.7. The average Bonchev–Trinajstić information content (AvgIpc) is 2.63. The van der Waals surface area contributed by atoms with E-state index in [4.69, 9.17) is 10.5 Å². The van der Waals surface area contributed by atoms with Crippen molar-refractivity contribution in [1.29, 1.82) is 0 Å². The minimum Gasteiger partial charge on any atom is -0.465 e. The second-order valence-corrected chi connectivity index (χ2v) is 5.22. The highest BCUT2D eigenvalue weighted by atomic mass is 16.5. The number of rotatable bonds is 4. The van der Waals surface area contributed by atoms with Crippen molar-refractivity contribution < 1.29 is 9.53 Å². The van der Waals surface area contributed by atoms with Gasteiger partial charge in [-0.15, -0.1) is 0 Å². The van der Waals surface area contributed by atoms with Crippen LogP contribution >= 0.6 is 0 Å². The van der Waals surface area contributed by atoms with Crippen molar-refractivity contribution in [2.24, 2.45) is 0 Å². The van der Waals surface area contributed by atoms with Gasteiger partial charge in [0.2, 0.25) is 0 Å². The molecule has 0 radical (unpaired) electrons. The molecule has 2 aromatic carbocycles. The van der Waals surface area contributed by atoms with E-state index in [9.17, 15) is 4.79 Å². The normalized spacial score (nSPS) is 10.2. The van der Waals surface area contributed by atoms with Gasteiger partial charge < -0.3 is 15.8 Å². The van der Waals surface area contributed by atoms with Crippen LogP contribution in [-0.4, -0.2) is 18.1 Å². The zero-order valence-electron chi connectivity index (χ0n) is 13.2. The van der Waals surface area contributed by atoms with Gasteiger partial charge in [-0.25, -0.2) is 9.78 Å². The molecule has 1 aromatic heterocycles. The Morgan fingerprint density at radius 1 is 1.04 bits per heavy atom. The molecule has 0 aliphatic rings. The van der Waals surface area contributed by atoms with Gasteiger partial charge in [0, 0.05) is 11.9 Å². The monoisotopic (exact) mass is 319 g/mol. The van der Waals surface area contributed by atoms with Crippen LogP contribution in [0.25, 0.3) is 11.1 Å². The number of nitrogens with two attached hydrogens (primary N) is 1. The number of nitrogens with one attached hydrogen (secondary N) is 1. The zero-order valence-corrected chi connectivity index (χ0v) is 13.2. The molecule has 0 fully saturated rings. The molecule has 0 atom stereocenters. The van der Waals surface area contributed by atoms with E-state index in [-0.39, 0.29) is 5.97 Å². The minimum absolute atomic E-state index is 0.354. The number of nitrogens with zero attached hydrogens (tertiary/aromatic N) is 1. The zero-order chi connectivity index (χ0) is 16.9. The van der Waals surface area contributed by atoms with Crippen molar-refractivity contribution in [1.82, 2.24) is 4.98 Å². The lowest BCUT2D eigenvalue weighted by atomic mass is 10.0. The number of pyridine rings is 1. The van der Waals surface area contributed by atoms with E-state index in [1.165, 1.54) is 7.11 Å². The largest absolute Gasteiger partial charge is 0.465 e. The molecule has 3 N–H and O–H groups in total. The van der Waals surface area contributed by atoms with Gasteiger partial charge in [-0.1, -0.05) is 24.3 Å². The van der Waals surface area contributed by atoms with Gasteiger partial charge in [-0.05, 0) is 47.5 Å². The van der Waals surface area contributed by atoms with Crippen LogP contribution in [0.4, 0.5) is 17.2 Å². The van der Waals surface area contributed by atoms with Crippen LogP contribution in [0.1, 0.15) is 10.4 Å². The van der Waals surface area contributed by atoms with Gasteiger partial charge in [0.1, 0.15) is 0 Å². The topological polar surface area (TPSA) is 77.2 Å². The number of nitrogen functional groups attached to an aromatic ring is 1. The van der Waals surface area contributed by atoms with Crippen LogP contribution in [0.3, 0.4) is 0 Å². The molecule has 0 aliphatic heterocycles. The first-order chi connectivity index (χ1) is 11.7. The van der Waals surface area contributed by atoms with Gasteiger partial charge in [0.25, 0.3) is 0 Å². The Kier molecular flexibility index (Phi) is 4.43. The molecule has 0 unspecified atom stereocenters. The molecule has 0 saturated heterocycles. The molecular weight excluding hydrogens is 302 g/mol. The molecule has 3 rings (SSSR count). The highest BCUT2D eigenvalue weighted by molar-refractivity contribution is 5.91. The summed E-state index contributed by atoms with van der Waals surface area (Å²) >= 11 is 0. The molecule has 5 nitrogen and oxygen atoms in total. The van der Waals surface area contributed by atoms with Crippen LogP contribution in [-0.2, 0) is 4.74 Å². The summed E-state index contributed by atoms with van der Waals surface area (Å²) in [5.74, 6) is 0.255. The molecule has 0 aliphatic carbocycles. The molecule has 120 valence electrons.